The largest absolute Gasteiger partial charge is 0.496 e. The second kappa shape index (κ2) is 8.14. The summed E-state index contributed by atoms with van der Waals surface area (Å²) in [6, 6.07) is 6.63. The van der Waals surface area contributed by atoms with Gasteiger partial charge in [-0.2, -0.15) is 0 Å². The normalized spacial score (nSPS) is 10.3. The van der Waals surface area contributed by atoms with E-state index in [1.165, 1.54) is 31.2 Å². The number of carbonyl (C=O) groups is 1. The molecule has 0 radical (unpaired) electrons. The van der Waals surface area contributed by atoms with E-state index in [1.54, 1.807) is 18.2 Å². The summed E-state index contributed by atoms with van der Waals surface area (Å²) in [7, 11) is 2.98. The molecule has 0 spiro atoms. The van der Waals surface area contributed by atoms with Crippen LogP contribution in [-0.2, 0) is 13.0 Å². The lowest BCUT2D eigenvalue weighted by Gasteiger charge is -2.13. The Bertz CT molecular complexity index is 748. The van der Waals surface area contributed by atoms with E-state index in [0.29, 0.717) is 30.0 Å². The summed E-state index contributed by atoms with van der Waals surface area (Å²) < 4.78 is 11.9. The Labute approximate surface area is 140 Å². The molecule has 0 unspecified atom stereocenters. The van der Waals surface area contributed by atoms with Gasteiger partial charge in [-0.15, -0.1) is 0 Å². The van der Waals surface area contributed by atoms with Crippen LogP contribution in [0.3, 0.4) is 0 Å². The van der Waals surface area contributed by atoms with Gasteiger partial charge in [0.15, 0.2) is 0 Å². The van der Waals surface area contributed by atoms with Gasteiger partial charge in [-0.1, -0.05) is 13.0 Å². The van der Waals surface area contributed by atoms with Crippen LogP contribution in [0.5, 0.6) is 11.5 Å². The summed E-state index contributed by atoms with van der Waals surface area (Å²) in [6.07, 6.45) is 2.21. The van der Waals surface area contributed by atoms with Crippen molar-refractivity contribution in [1.82, 2.24) is 14.9 Å². The predicted octanol–water partition coefficient (Wildman–Crippen LogP) is 1.25. The molecule has 0 atom stereocenters. The molecular weight excluding hydrogens is 310 g/mol. The molecular formula is C17H21N3O4. The Morgan fingerprint density at radius 3 is 2.46 bits per heavy atom. The van der Waals surface area contributed by atoms with E-state index in [4.69, 9.17) is 9.47 Å². The molecule has 0 bridgehead atoms. The number of aromatic nitrogens is 2. The van der Waals surface area contributed by atoms with E-state index in [2.05, 4.69) is 10.3 Å². The topological polar surface area (TPSA) is 82.5 Å². The highest BCUT2D eigenvalue weighted by Crippen LogP contribution is 2.27. The van der Waals surface area contributed by atoms with Crippen molar-refractivity contribution in [1.29, 1.82) is 0 Å². The molecule has 1 amide bonds. The van der Waals surface area contributed by atoms with Gasteiger partial charge in [0.2, 0.25) is 0 Å². The number of benzene rings is 1. The van der Waals surface area contributed by atoms with Crippen molar-refractivity contribution in [3.63, 3.8) is 0 Å². The number of hydrogen-bond acceptors (Lipinski definition) is 5. The van der Waals surface area contributed by atoms with Crippen LogP contribution in [0.15, 0.2) is 35.4 Å². The maximum atomic E-state index is 12.4. The van der Waals surface area contributed by atoms with Crippen molar-refractivity contribution in [3.05, 3.63) is 52.2 Å². The van der Waals surface area contributed by atoms with Gasteiger partial charge in [-0.25, -0.2) is 4.98 Å². The molecule has 0 fully saturated rings. The molecule has 7 heteroatoms. The van der Waals surface area contributed by atoms with Crippen molar-refractivity contribution in [2.75, 3.05) is 20.8 Å². The third kappa shape index (κ3) is 3.92. The number of nitrogens with zero attached hydrogens (tertiary/aromatic N) is 2. The highest BCUT2D eigenvalue weighted by atomic mass is 16.5. The van der Waals surface area contributed by atoms with Crippen LogP contribution in [0.2, 0.25) is 0 Å². The summed E-state index contributed by atoms with van der Waals surface area (Å²) in [5.74, 6) is 0.534. The molecule has 2 aromatic rings. The first kappa shape index (κ1) is 17.5. The molecule has 1 N–H and O–H groups in total. The smallest absolute Gasteiger partial charge is 0.258 e. The Kier molecular flexibility index (Phi) is 5.95. The average Bonchev–Trinajstić information content (AvgIpc) is 2.61. The van der Waals surface area contributed by atoms with Gasteiger partial charge in [-0.3, -0.25) is 14.2 Å². The molecule has 0 saturated carbocycles. The zero-order valence-corrected chi connectivity index (χ0v) is 14.0. The summed E-state index contributed by atoms with van der Waals surface area (Å²) in [6.45, 7) is 2.55. The van der Waals surface area contributed by atoms with Crippen LogP contribution >= 0.6 is 0 Å². The number of rotatable bonds is 7. The van der Waals surface area contributed by atoms with Crippen molar-refractivity contribution in [3.8, 4) is 11.5 Å². The quantitative estimate of drug-likeness (QED) is 0.826. The van der Waals surface area contributed by atoms with Gasteiger partial charge in [0.25, 0.3) is 11.5 Å². The molecule has 0 aliphatic heterocycles. The van der Waals surface area contributed by atoms with Crippen molar-refractivity contribution < 1.29 is 14.3 Å². The Morgan fingerprint density at radius 1 is 1.25 bits per heavy atom. The van der Waals surface area contributed by atoms with Crippen LogP contribution in [0.1, 0.15) is 23.0 Å². The van der Waals surface area contributed by atoms with Crippen LogP contribution in [0.4, 0.5) is 0 Å². The molecule has 1 heterocycles. The lowest BCUT2D eigenvalue weighted by molar-refractivity contribution is 0.0946. The minimum absolute atomic E-state index is 0.133. The van der Waals surface area contributed by atoms with Gasteiger partial charge in [-0.05, 0) is 18.6 Å². The lowest BCUT2D eigenvalue weighted by Crippen LogP contribution is -2.31. The fraction of sp³-hybridized carbons (Fsp3) is 0.353. The number of hydrogen-bond donors (Lipinski definition) is 1. The first-order chi connectivity index (χ1) is 11.6. The molecule has 2 rings (SSSR count). The Morgan fingerprint density at radius 2 is 1.92 bits per heavy atom. The van der Waals surface area contributed by atoms with E-state index >= 15 is 0 Å². The van der Waals surface area contributed by atoms with Gasteiger partial charge < -0.3 is 14.8 Å². The Balaban J connectivity index is 2.05. The zero-order chi connectivity index (χ0) is 17.5. The number of ether oxygens (including phenoxy) is 2. The maximum Gasteiger partial charge on any atom is 0.258 e. The second-order valence-electron chi connectivity index (χ2n) is 5.06. The fourth-order valence-electron chi connectivity index (χ4n) is 2.28. The molecule has 1 aromatic carbocycles. The van der Waals surface area contributed by atoms with E-state index in [-0.39, 0.29) is 18.0 Å². The third-order valence-electron chi connectivity index (χ3n) is 3.59. The number of amides is 1. The first-order valence-corrected chi connectivity index (χ1v) is 7.65. The van der Waals surface area contributed by atoms with Crippen LogP contribution in [0.25, 0.3) is 0 Å². The molecule has 24 heavy (non-hydrogen) atoms. The Hall–Kier alpha value is -2.83. The number of aryl methyl sites for hydroxylation is 1. The standard InChI is InChI=1S/C17H21N3O4/c1-4-12-10-15(21)20(11-19-12)9-8-18-17(22)16-13(23-2)6-5-7-14(16)24-3/h5-7,10-11H,4,8-9H2,1-3H3,(H,18,22). The van der Waals surface area contributed by atoms with Gasteiger partial charge in [0.05, 0.1) is 20.5 Å². The summed E-state index contributed by atoms with van der Waals surface area (Å²) in [5, 5.41) is 2.77. The first-order valence-electron chi connectivity index (χ1n) is 7.65. The third-order valence-corrected chi connectivity index (χ3v) is 3.59. The molecule has 1 aromatic heterocycles. The molecule has 128 valence electrons. The van der Waals surface area contributed by atoms with Gasteiger partial charge in [0.1, 0.15) is 17.1 Å². The average molecular weight is 331 g/mol. The molecule has 7 nitrogen and oxygen atoms in total. The molecule has 0 aliphatic rings. The van der Waals surface area contributed by atoms with Crippen molar-refractivity contribution >= 4 is 5.91 Å². The predicted molar refractivity (Wildman–Crippen MR) is 89.8 cm³/mol. The SMILES string of the molecule is CCc1cc(=O)n(CCNC(=O)c2c(OC)cccc2OC)cn1. The van der Waals surface area contributed by atoms with Crippen molar-refractivity contribution in [2.24, 2.45) is 0 Å². The van der Waals surface area contributed by atoms with E-state index in [1.807, 2.05) is 6.92 Å². The number of nitrogens with one attached hydrogen (secondary N) is 1. The highest BCUT2D eigenvalue weighted by molar-refractivity contribution is 5.99. The summed E-state index contributed by atoms with van der Waals surface area (Å²) in [4.78, 5) is 28.5. The second-order valence-corrected chi connectivity index (χ2v) is 5.06. The van der Waals surface area contributed by atoms with Crippen LogP contribution in [0, 0.1) is 0 Å². The van der Waals surface area contributed by atoms with E-state index in [0.717, 1.165) is 5.69 Å². The fourth-order valence-corrected chi connectivity index (χ4v) is 2.28. The van der Waals surface area contributed by atoms with E-state index < -0.39 is 0 Å². The minimum atomic E-state index is -0.324. The monoisotopic (exact) mass is 331 g/mol. The van der Waals surface area contributed by atoms with Crippen molar-refractivity contribution in [2.45, 2.75) is 19.9 Å². The number of carbonyl (C=O) groups excluding carboxylic acids is 1. The molecule has 0 aliphatic carbocycles. The zero-order valence-electron chi connectivity index (χ0n) is 14.0. The summed E-state index contributed by atoms with van der Waals surface area (Å²) in [5.41, 5.74) is 0.944. The van der Waals surface area contributed by atoms with Gasteiger partial charge >= 0.3 is 0 Å². The molecule has 0 saturated heterocycles. The van der Waals surface area contributed by atoms with E-state index in [9.17, 15) is 9.59 Å². The summed E-state index contributed by atoms with van der Waals surface area (Å²) >= 11 is 0. The number of methoxy groups -OCH3 is 2. The van der Waals surface area contributed by atoms with Gasteiger partial charge in [0, 0.05) is 24.8 Å². The highest BCUT2D eigenvalue weighted by Gasteiger charge is 2.17. The van der Waals surface area contributed by atoms with Crippen LogP contribution < -0.4 is 20.3 Å². The lowest BCUT2D eigenvalue weighted by atomic mass is 10.1. The maximum absolute atomic E-state index is 12.4. The minimum Gasteiger partial charge on any atom is -0.496 e. The van der Waals surface area contributed by atoms with Crippen LogP contribution in [-0.4, -0.2) is 36.2 Å².